The zero-order valence-electron chi connectivity index (χ0n) is 37.7. The molecule has 0 saturated heterocycles. The normalized spacial score (nSPS) is 15.0. The van der Waals surface area contributed by atoms with Gasteiger partial charge in [-0.15, -0.1) is 0 Å². The Bertz CT molecular complexity index is 1710. The van der Waals surface area contributed by atoms with Gasteiger partial charge >= 0.3 is 23.9 Å². The molecule has 0 aliphatic carbocycles. The minimum absolute atomic E-state index is 0.0509. The first-order valence-corrected chi connectivity index (χ1v) is 20.6. The lowest BCUT2D eigenvalue weighted by molar-refractivity contribution is -0.145. The average Bonchev–Trinajstić information content (AvgIpc) is 3.29. The molecule has 2 aromatic rings. The molecule has 0 fully saturated rings. The number of amides is 4. The molecule has 8 atom stereocenters. The molecule has 0 spiro atoms. The SMILES string of the molecule is CCC(C)C(NC(=O)c1cc(N=Nc2cc(C(=O)NC(C(=O)OC)C(C)CC)cc(C(=O)NC(C(=O)OC)C(C)CC)c2)cc(C(=O)NC(C(=O)OC)C(C)CC)c1)C(=O)OC. The van der Waals surface area contributed by atoms with E-state index in [1.807, 2.05) is 27.7 Å². The number of nitrogens with zero attached hydrogens (tertiary/aromatic N) is 2. The summed E-state index contributed by atoms with van der Waals surface area (Å²) in [5.74, 6) is -7.03. The largest absolute Gasteiger partial charge is 0.467 e. The van der Waals surface area contributed by atoms with Crippen LogP contribution in [0.4, 0.5) is 11.4 Å². The number of nitrogens with one attached hydrogen (secondary N) is 4. The van der Waals surface area contributed by atoms with Gasteiger partial charge in [0.15, 0.2) is 0 Å². The number of hydrogen-bond donors (Lipinski definition) is 4. The Morgan fingerprint density at radius 1 is 0.403 bits per heavy atom. The van der Waals surface area contributed by atoms with Crippen molar-refractivity contribution in [2.45, 2.75) is 105 Å². The second-order valence-electron chi connectivity index (χ2n) is 15.2. The first kappa shape index (κ1) is 51.9. The summed E-state index contributed by atoms with van der Waals surface area (Å²) in [5, 5.41) is 19.3. The van der Waals surface area contributed by atoms with Crippen molar-refractivity contribution in [2.24, 2.45) is 33.9 Å². The number of carbonyl (C=O) groups is 8. The first-order chi connectivity index (χ1) is 29.3. The van der Waals surface area contributed by atoms with Crippen molar-refractivity contribution < 1.29 is 57.3 Å². The van der Waals surface area contributed by atoms with Gasteiger partial charge in [0.2, 0.25) is 0 Å². The van der Waals surface area contributed by atoms with Gasteiger partial charge < -0.3 is 40.2 Å². The molecule has 0 heterocycles. The molecule has 18 heteroatoms. The highest BCUT2D eigenvalue weighted by atomic mass is 16.5. The van der Waals surface area contributed by atoms with E-state index in [4.69, 9.17) is 18.9 Å². The molecule has 0 aliphatic heterocycles. The van der Waals surface area contributed by atoms with Crippen molar-refractivity contribution in [3.05, 3.63) is 58.7 Å². The highest BCUT2D eigenvalue weighted by Crippen LogP contribution is 2.26. The molecule has 0 aromatic heterocycles. The van der Waals surface area contributed by atoms with Crippen LogP contribution in [0, 0.1) is 23.7 Å². The molecule has 2 rings (SSSR count). The highest BCUT2D eigenvalue weighted by Gasteiger charge is 2.32. The lowest BCUT2D eigenvalue weighted by Crippen LogP contribution is -2.46. The second kappa shape index (κ2) is 24.9. The summed E-state index contributed by atoms with van der Waals surface area (Å²) in [5.41, 5.74) is -0.517. The van der Waals surface area contributed by atoms with Crippen LogP contribution in [-0.4, -0.2) is 100 Å². The number of benzene rings is 2. The van der Waals surface area contributed by atoms with E-state index in [0.29, 0.717) is 25.7 Å². The van der Waals surface area contributed by atoms with Gasteiger partial charge in [-0.2, -0.15) is 10.2 Å². The van der Waals surface area contributed by atoms with Gasteiger partial charge in [-0.25, -0.2) is 19.2 Å². The Hall–Kier alpha value is -6.20. The predicted octanol–water partition coefficient (Wildman–Crippen LogP) is 5.37. The van der Waals surface area contributed by atoms with E-state index >= 15 is 0 Å². The van der Waals surface area contributed by atoms with Crippen molar-refractivity contribution in [2.75, 3.05) is 28.4 Å². The number of esters is 4. The Labute approximate surface area is 363 Å². The molecular weight excluding hydrogens is 805 g/mol. The quantitative estimate of drug-likeness (QED) is 0.0663. The number of hydrogen-bond acceptors (Lipinski definition) is 14. The molecule has 0 bridgehead atoms. The number of methoxy groups -OCH3 is 4. The fourth-order valence-corrected chi connectivity index (χ4v) is 6.06. The number of ether oxygens (including phenoxy) is 4. The van der Waals surface area contributed by atoms with Crippen LogP contribution in [0.3, 0.4) is 0 Å². The summed E-state index contributed by atoms with van der Waals surface area (Å²) in [6.45, 7) is 14.4. The topological polar surface area (TPSA) is 246 Å². The third-order valence-electron chi connectivity index (χ3n) is 11.0. The lowest BCUT2D eigenvalue weighted by Gasteiger charge is -2.23. The van der Waals surface area contributed by atoms with Crippen LogP contribution in [-0.2, 0) is 38.1 Å². The van der Waals surface area contributed by atoms with E-state index in [2.05, 4.69) is 31.5 Å². The zero-order chi connectivity index (χ0) is 46.8. The molecule has 0 aliphatic rings. The molecule has 2 aromatic carbocycles. The van der Waals surface area contributed by atoms with Crippen LogP contribution < -0.4 is 21.3 Å². The summed E-state index contributed by atoms with van der Waals surface area (Å²) >= 11 is 0. The van der Waals surface area contributed by atoms with Crippen molar-refractivity contribution >= 4 is 58.9 Å². The summed E-state index contributed by atoms with van der Waals surface area (Å²) in [6.07, 6.45) is 2.08. The Morgan fingerprint density at radius 2 is 0.597 bits per heavy atom. The third kappa shape index (κ3) is 14.2. The molecule has 18 nitrogen and oxygen atoms in total. The van der Waals surface area contributed by atoms with Crippen molar-refractivity contribution in [1.29, 1.82) is 0 Å². The fourth-order valence-electron chi connectivity index (χ4n) is 6.06. The standard InChI is InChI=1S/C44H62N6O12/c1-13-23(5)33(41(55)59-9)45-37(51)27-17-28(38(52)46-34(24(6)14-2)42(56)60-10)20-31(19-27)49-50-32-21-29(39(53)47-35(25(7)15-3)43(57)61-11)18-30(22-32)40(54)48-36(26(8)16-4)44(58)62-12/h17-26,33-36H,13-16H2,1-12H3,(H,45,51)(H,46,52)(H,47,53)(H,48,54). The maximum Gasteiger partial charge on any atom is 0.328 e. The van der Waals surface area contributed by atoms with Gasteiger partial charge in [0.25, 0.3) is 23.6 Å². The van der Waals surface area contributed by atoms with E-state index in [0.717, 1.165) is 0 Å². The minimum atomic E-state index is -1.04. The molecule has 0 radical (unpaired) electrons. The van der Waals surface area contributed by atoms with Crippen LogP contribution in [0.5, 0.6) is 0 Å². The van der Waals surface area contributed by atoms with Gasteiger partial charge in [0, 0.05) is 22.3 Å². The van der Waals surface area contributed by atoms with Crippen molar-refractivity contribution in [1.82, 2.24) is 21.3 Å². The third-order valence-corrected chi connectivity index (χ3v) is 11.0. The van der Waals surface area contributed by atoms with Crippen LogP contribution in [0.15, 0.2) is 46.6 Å². The monoisotopic (exact) mass is 866 g/mol. The number of carbonyl (C=O) groups excluding carboxylic acids is 8. The summed E-state index contributed by atoms with van der Waals surface area (Å²) in [6, 6.07) is 3.59. The van der Waals surface area contributed by atoms with E-state index in [1.54, 1.807) is 27.7 Å². The van der Waals surface area contributed by atoms with Gasteiger partial charge in [-0.05, 0) is 60.1 Å². The summed E-state index contributed by atoms with van der Waals surface area (Å²) in [4.78, 5) is 106. The zero-order valence-corrected chi connectivity index (χ0v) is 37.7. The Morgan fingerprint density at radius 3 is 0.758 bits per heavy atom. The maximum atomic E-state index is 13.8. The van der Waals surface area contributed by atoms with E-state index in [9.17, 15) is 38.4 Å². The lowest BCUT2D eigenvalue weighted by atomic mass is 9.97. The van der Waals surface area contributed by atoms with Crippen LogP contribution in [0.25, 0.3) is 0 Å². The second-order valence-corrected chi connectivity index (χ2v) is 15.2. The van der Waals surface area contributed by atoms with E-state index in [1.165, 1.54) is 64.8 Å². The highest BCUT2D eigenvalue weighted by molar-refractivity contribution is 6.04. The van der Waals surface area contributed by atoms with Gasteiger partial charge in [-0.1, -0.05) is 81.1 Å². The van der Waals surface area contributed by atoms with E-state index in [-0.39, 0.29) is 57.3 Å². The summed E-state index contributed by atoms with van der Waals surface area (Å²) < 4.78 is 19.7. The Kier molecular flexibility index (Phi) is 20.9. The Balaban J connectivity index is 2.85. The van der Waals surface area contributed by atoms with Gasteiger partial charge in [-0.3, -0.25) is 19.2 Å². The van der Waals surface area contributed by atoms with Crippen LogP contribution in [0.2, 0.25) is 0 Å². The van der Waals surface area contributed by atoms with Crippen LogP contribution in [0.1, 0.15) is 123 Å². The average molecular weight is 867 g/mol. The van der Waals surface area contributed by atoms with Crippen molar-refractivity contribution in [3.63, 3.8) is 0 Å². The van der Waals surface area contributed by atoms with Crippen LogP contribution >= 0.6 is 0 Å². The van der Waals surface area contributed by atoms with Crippen molar-refractivity contribution in [3.8, 4) is 0 Å². The molecule has 4 amide bonds. The molecular formula is C44H62N6O12. The molecule has 62 heavy (non-hydrogen) atoms. The fraction of sp³-hybridized carbons (Fsp3) is 0.545. The first-order valence-electron chi connectivity index (χ1n) is 20.6. The molecule has 4 N–H and O–H groups in total. The molecule has 0 saturated carbocycles. The number of rotatable bonds is 22. The van der Waals surface area contributed by atoms with E-state index < -0.39 is 71.7 Å². The van der Waals surface area contributed by atoms with Gasteiger partial charge in [0.05, 0.1) is 39.8 Å². The molecule has 8 unspecified atom stereocenters. The minimum Gasteiger partial charge on any atom is -0.467 e. The predicted molar refractivity (Wildman–Crippen MR) is 228 cm³/mol. The maximum absolute atomic E-state index is 13.8. The summed E-state index contributed by atoms with van der Waals surface area (Å²) in [7, 11) is 4.79. The smallest absolute Gasteiger partial charge is 0.328 e. The number of azo groups is 1. The molecule has 340 valence electrons. The van der Waals surface area contributed by atoms with Gasteiger partial charge in [0.1, 0.15) is 24.2 Å².